The van der Waals surface area contributed by atoms with Gasteiger partial charge >= 0.3 is 6.18 Å². The number of hydrogen-bond donors (Lipinski definition) is 0. The van der Waals surface area contributed by atoms with E-state index >= 15 is 0 Å². The van der Waals surface area contributed by atoms with Gasteiger partial charge in [-0.2, -0.15) is 13.2 Å². The monoisotopic (exact) mass is 334 g/mol. The SMILES string of the molecule is CC(C)S(=O)(=O)c1csc(-c2cccc(C(F)(F)F)c2)c1. The summed E-state index contributed by atoms with van der Waals surface area (Å²) in [6.45, 7) is 3.13. The molecule has 0 bridgehead atoms. The number of halogens is 3. The third-order valence-corrected chi connectivity index (χ3v) is 6.26. The number of alkyl halides is 3. The second kappa shape index (κ2) is 5.46. The fraction of sp³-hybridized carbons (Fsp3) is 0.286. The highest BCUT2D eigenvalue weighted by Gasteiger charge is 2.30. The Morgan fingerprint density at radius 1 is 1.14 bits per heavy atom. The summed E-state index contributed by atoms with van der Waals surface area (Å²) in [6, 6.07) is 6.29. The van der Waals surface area contributed by atoms with Gasteiger partial charge in [-0.3, -0.25) is 0 Å². The van der Waals surface area contributed by atoms with Crippen LogP contribution in [0.15, 0.2) is 40.6 Å². The van der Waals surface area contributed by atoms with E-state index in [4.69, 9.17) is 0 Å². The maximum Gasteiger partial charge on any atom is 0.416 e. The van der Waals surface area contributed by atoms with Gasteiger partial charge in [0.25, 0.3) is 0 Å². The van der Waals surface area contributed by atoms with Gasteiger partial charge in [0.15, 0.2) is 9.84 Å². The standard InChI is InChI=1S/C14H13F3O2S2/c1-9(2)21(18,19)12-7-13(20-8-12)10-4-3-5-11(6-10)14(15,16)17/h3-9H,1-2H3. The minimum atomic E-state index is -4.42. The normalized spacial score (nSPS) is 12.9. The van der Waals surface area contributed by atoms with Crippen molar-refractivity contribution in [3.05, 3.63) is 41.3 Å². The van der Waals surface area contributed by atoms with E-state index in [-0.39, 0.29) is 4.90 Å². The summed E-state index contributed by atoms with van der Waals surface area (Å²) in [5.41, 5.74) is -0.387. The molecule has 1 aromatic carbocycles. The predicted molar refractivity (Wildman–Crippen MR) is 77.1 cm³/mol. The molecule has 0 atom stereocenters. The van der Waals surface area contributed by atoms with E-state index in [1.807, 2.05) is 0 Å². The fourth-order valence-corrected chi connectivity index (χ4v) is 4.09. The van der Waals surface area contributed by atoms with Crippen molar-refractivity contribution < 1.29 is 21.6 Å². The second-order valence-corrected chi connectivity index (χ2v) is 8.23. The van der Waals surface area contributed by atoms with Crippen LogP contribution >= 0.6 is 11.3 Å². The summed E-state index contributed by atoms with van der Waals surface area (Å²) in [5, 5.41) is 0.895. The molecule has 0 spiro atoms. The zero-order chi connectivity index (χ0) is 15.8. The van der Waals surface area contributed by atoms with Crippen LogP contribution in [0, 0.1) is 0 Å². The van der Waals surface area contributed by atoms with Crippen molar-refractivity contribution in [1.82, 2.24) is 0 Å². The molecule has 21 heavy (non-hydrogen) atoms. The molecule has 0 saturated heterocycles. The lowest BCUT2D eigenvalue weighted by atomic mass is 10.1. The molecule has 0 aliphatic heterocycles. The largest absolute Gasteiger partial charge is 0.416 e. The molecule has 0 radical (unpaired) electrons. The molecule has 0 fully saturated rings. The topological polar surface area (TPSA) is 34.1 Å². The second-order valence-electron chi connectivity index (χ2n) is 4.82. The molecule has 1 aromatic heterocycles. The van der Waals surface area contributed by atoms with E-state index in [0.717, 1.165) is 23.5 Å². The lowest BCUT2D eigenvalue weighted by Gasteiger charge is -2.07. The van der Waals surface area contributed by atoms with Crippen LogP contribution in [0.3, 0.4) is 0 Å². The smallest absolute Gasteiger partial charge is 0.223 e. The van der Waals surface area contributed by atoms with Crippen molar-refractivity contribution in [2.75, 3.05) is 0 Å². The highest BCUT2D eigenvalue weighted by molar-refractivity contribution is 7.92. The van der Waals surface area contributed by atoms with Crippen LogP contribution in [0.4, 0.5) is 13.2 Å². The molecule has 0 unspecified atom stereocenters. The van der Waals surface area contributed by atoms with Crippen LogP contribution in [0.2, 0.25) is 0 Å². The highest BCUT2D eigenvalue weighted by atomic mass is 32.2. The van der Waals surface area contributed by atoms with Gasteiger partial charge in [0, 0.05) is 10.3 Å². The third-order valence-electron chi connectivity index (χ3n) is 3.00. The first kappa shape index (κ1) is 16.0. The van der Waals surface area contributed by atoms with E-state index in [1.54, 1.807) is 13.8 Å². The van der Waals surface area contributed by atoms with Crippen LogP contribution < -0.4 is 0 Å². The lowest BCUT2D eigenvalue weighted by molar-refractivity contribution is -0.137. The van der Waals surface area contributed by atoms with Crippen molar-refractivity contribution in [1.29, 1.82) is 0 Å². The first-order valence-corrected chi connectivity index (χ1v) is 8.55. The van der Waals surface area contributed by atoms with Gasteiger partial charge < -0.3 is 0 Å². The number of benzene rings is 1. The fourth-order valence-electron chi connectivity index (χ4n) is 1.74. The Bertz CT molecular complexity index is 744. The van der Waals surface area contributed by atoms with Crippen LogP contribution in [-0.2, 0) is 16.0 Å². The van der Waals surface area contributed by atoms with Crippen molar-refractivity contribution >= 4 is 21.2 Å². The van der Waals surface area contributed by atoms with Gasteiger partial charge in [-0.05, 0) is 37.6 Å². The summed E-state index contributed by atoms with van der Waals surface area (Å²) in [7, 11) is -3.41. The maximum atomic E-state index is 12.7. The van der Waals surface area contributed by atoms with Gasteiger partial charge in [0.2, 0.25) is 0 Å². The Kier molecular flexibility index (Phi) is 4.17. The summed E-state index contributed by atoms with van der Waals surface area (Å²) in [5.74, 6) is 0. The first-order chi connectivity index (χ1) is 9.62. The molecular weight excluding hydrogens is 321 g/mol. The zero-order valence-electron chi connectivity index (χ0n) is 11.3. The van der Waals surface area contributed by atoms with Crippen molar-refractivity contribution in [2.24, 2.45) is 0 Å². The number of thiophene rings is 1. The minimum Gasteiger partial charge on any atom is -0.223 e. The van der Waals surface area contributed by atoms with Crippen LogP contribution in [0.5, 0.6) is 0 Å². The Hall–Kier alpha value is -1.34. The predicted octanol–water partition coefficient (Wildman–Crippen LogP) is 4.62. The molecule has 7 heteroatoms. The summed E-state index contributed by atoms with van der Waals surface area (Å²) < 4.78 is 62.1. The molecule has 0 N–H and O–H groups in total. The number of hydrogen-bond acceptors (Lipinski definition) is 3. The minimum absolute atomic E-state index is 0.148. The Labute approximate surface area is 125 Å². The van der Waals surface area contributed by atoms with Crippen molar-refractivity contribution in [2.45, 2.75) is 30.2 Å². The van der Waals surface area contributed by atoms with E-state index in [0.29, 0.717) is 10.4 Å². The van der Waals surface area contributed by atoms with Crippen LogP contribution in [0.1, 0.15) is 19.4 Å². The van der Waals surface area contributed by atoms with E-state index < -0.39 is 26.8 Å². The molecule has 0 aliphatic carbocycles. The van der Waals surface area contributed by atoms with Gasteiger partial charge in [-0.15, -0.1) is 11.3 Å². The molecule has 2 nitrogen and oxygen atoms in total. The highest BCUT2D eigenvalue weighted by Crippen LogP contribution is 2.35. The number of rotatable bonds is 3. The molecule has 2 aromatic rings. The molecule has 1 heterocycles. The average Bonchev–Trinajstić information content (AvgIpc) is 2.88. The lowest BCUT2D eigenvalue weighted by Crippen LogP contribution is -2.12. The molecular formula is C14H13F3O2S2. The average molecular weight is 334 g/mol. The maximum absolute atomic E-state index is 12.7. The van der Waals surface area contributed by atoms with E-state index in [2.05, 4.69) is 0 Å². The molecule has 114 valence electrons. The van der Waals surface area contributed by atoms with E-state index in [9.17, 15) is 21.6 Å². The Balaban J connectivity index is 2.44. The molecule has 0 amide bonds. The summed E-state index contributed by atoms with van der Waals surface area (Å²) >= 11 is 1.12. The van der Waals surface area contributed by atoms with Gasteiger partial charge in [-0.25, -0.2) is 8.42 Å². The van der Waals surface area contributed by atoms with Crippen molar-refractivity contribution in [3.8, 4) is 10.4 Å². The van der Waals surface area contributed by atoms with Gasteiger partial charge in [-0.1, -0.05) is 12.1 Å². The first-order valence-electron chi connectivity index (χ1n) is 6.12. The quantitative estimate of drug-likeness (QED) is 0.821. The Morgan fingerprint density at radius 3 is 2.38 bits per heavy atom. The molecule has 0 saturated carbocycles. The zero-order valence-corrected chi connectivity index (χ0v) is 12.9. The Morgan fingerprint density at radius 2 is 1.81 bits per heavy atom. The van der Waals surface area contributed by atoms with Crippen LogP contribution in [0.25, 0.3) is 10.4 Å². The van der Waals surface area contributed by atoms with Gasteiger partial charge in [0.1, 0.15) is 0 Å². The van der Waals surface area contributed by atoms with Crippen LogP contribution in [-0.4, -0.2) is 13.7 Å². The third kappa shape index (κ3) is 3.29. The number of sulfone groups is 1. The van der Waals surface area contributed by atoms with Crippen molar-refractivity contribution in [3.63, 3.8) is 0 Å². The van der Waals surface area contributed by atoms with E-state index in [1.165, 1.54) is 23.6 Å². The molecule has 0 aliphatic rings. The molecule has 2 rings (SSSR count). The summed E-state index contributed by atoms with van der Waals surface area (Å²) in [4.78, 5) is 0.648. The summed E-state index contributed by atoms with van der Waals surface area (Å²) in [6.07, 6.45) is -4.42. The van der Waals surface area contributed by atoms with Gasteiger partial charge in [0.05, 0.1) is 15.7 Å².